The van der Waals surface area contributed by atoms with E-state index in [1.165, 1.54) is 18.2 Å². The Hall–Kier alpha value is -1.77. The van der Waals surface area contributed by atoms with Crippen LogP contribution in [0.3, 0.4) is 0 Å². The molecule has 0 amide bonds. The quantitative estimate of drug-likeness (QED) is 0.606. The van der Waals surface area contributed by atoms with Gasteiger partial charge in [-0.15, -0.1) is 0 Å². The lowest BCUT2D eigenvalue weighted by molar-refractivity contribution is 0.481. The molecule has 3 N–H and O–H groups in total. The zero-order valence-corrected chi connectivity index (χ0v) is 6.79. The minimum Gasteiger partial charge on any atom is -0.507 e. The highest BCUT2D eigenvalue weighted by Gasteiger charge is 2.02. The summed E-state index contributed by atoms with van der Waals surface area (Å²) in [4.78, 5) is 0. The number of benzene rings is 2. The first-order chi connectivity index (χ1) is 6.16. The Labute approximate surface area is 74.4 Å². The molecule has 0 heterocycles. The third-order valence-corrected chi connectivity index (χ3v) is 1.92. The van der Waals surface area contributed by atoms with Crippen molar-refractivity contribution < 1.29 is 9.50 Å². The highest BCUT2D eigenvalue weighted by Crippen LogP contribution is 2.27. The molecule has 0 aliphatic rings. The number of aromatic hydroxyl groups is 1. The van der Waals surface area contributed by atoms with Crippen molar-refractivity contribution in [1.82, 2.24) is 0 Å². The molecule has 2 aromatic rings. The monoisotopic (exact) mass is 177 g/mol. The molecule has 0 spiro atoms. The van der Waals surface area contributed by atoms with Crippen LogP contribution in [0.1, 0.15) is 0 Å². The third-order valence-electron chi connectivity index (χ3n) is 1.92. The number of phenolic OH excluding ortho intramolecular Hbond substituents is 1. The van der Waals surface area contributed by atoms with Gasteiger partial charge in [-0.2, -0.15) is 0 Å². The fourth-order valence-electron chi connectivity index (χ4n) is 1.33. The third kappa shape index (κ3) is 1.28. The molecule has 0 unspecified atom stereocenters. The van der Waals surface area contributed by atoms with E-state index in [4.69, 9.17) is 5.73 Å². The van der Waals surface area contributed by atoms with Gasteiger partial charge >= 0.3 is 0 Å². The predicted octanol–water partition coefficient (Wildman–Crippen LogP) is 2.27. The maximum absolute atomic E-state index is 12.8. The maximum atomic E-state index is 12.8. The molecular formula is C10H8FNO. The predicted molar refractivity (Wildman–Crippen MR) is 50.0 cm³/mol. The van der Waals surface area contributed by atoms with Gasteiger partial charge in [0.15, 0.2) is 0 Å². The zero-order valence-electron chi connectivity index (χ0n) is 6.79. The molecule has 0 fully saturated rings. The van der Waals surface area contributed by atoms with Gasteiger partial charge in [-0.1, -0.05) is 6.07 Å². The SMILES string of the molecule is Nc1cc(O)c2cc(F)ccc2c1. The second-order valence-electron chi connectivity index (χ2n) is 2.91. The molecule has 13 heavy (non-hydrogen) atoms. The van der Waals surface area contributed by atoms with Crippen molar-refractivity contribution >= 4 is 16.5 Å². The molecule has 0 aromatic heterocycles. The van der Waals surface area contributed by atoms with Crippen LogP contribution >= 0.6 is 0 Å². The highest BCUT2D eigenvalue weighted by molar-refractivity contribution is 5.90. The molecule has 2 aromatic carbocycles. The van der Waals surface area contributed by atoms with Gasteiger partial charge in [0, 0.05) is 17.1 Å². The number of hydrogen-bond acceptors (Lipinski definition) is 2. The van der Waals surface area contributed by atoms with Crippen molar-refractivity contribution in [2.24, 2.45) is 0 Å². The number of phenols is 1. The lowest BCUT2D eigenvalue weighted by Gasteiger charge is -2.02. The highest BCUT2D eigenvalue weighted by atomic mass is 19.1. The average Bonchev–Trinajstić information content (AvgIpc) is 2.06. The first-order valence-corrected chi connectivity index (χ1v) is 3.84. The summed E-state index contributed by atoms with van der Waals surface area (Å²) in [6, 6.07) is 7.29. The molecule has 66 valence electrons. The first-order valence-electron chi connectivity index (χ1n) is 3.84. The minimum absolute atomic E-state index is 0.00880. The largest absolute Gasteiger partial charge is 0.507 e. The average molecular weight is 177 g/mol. The normalized spacial score (nSPS) is 10.5. The van der Waals surface area contributed by atoms with Crippen molar-refractivity contribution in [2.75, 3.05) is 5.73 Å². The smallest absolute Gasteiger partial charge is 0.125 e. The molecule has 2 rings (SSSR count). The van der Waals surface area contributed by atoms with E-state index in [-0.39, 0.29) is 11.6 Å². The summed E-state index contributed by atoms with van der Waals surface area (Å²) in [5.74, 6) is -0.359. The lowest BCUT2D eigenvalue weighted by atomic mass is 10.1. The summed E-state index contributed by atoms with van der Waals surface area (Å²) >= 11 is 0. The lowest BCUT2D eigenvalue weighted by Crippen LogP contribution is -1.85. The number of nitrogens with two attached hydrogens (primary N) is 1. The Morgan fingerprint density at radius 1 is 1.15 bits per heavy atom. The van der Waals surface area contributed by atoms with E-state index >= 15 is 0 Å². The van der Waals surface area contributed by atoms with Gasteiger partial charge < -0.3 is 10.8 Å². The second kappa shape index (κ2) is 2.62. The molecule has 2 nitrogen and oxygen atoms in total. The number of hydrogen-bond donors (Lipinski definition) is 2. The molecule has 0 radical (unpaired) electrons. The van der Waals surface area contributed by atoms with Crippen LogP contribution in [-0.4, -0.2) is 5.11 Å². The first kappa shape index (κ1) is 7.86. The molecule has 0 aliphatic heterocycles. The van der Waals surface area contributed by atoms with Crippen LogP contribution in [0.2, 0.25) is 0 Å². The van der Waals surface area contributed by atoms with E-state index in [0.717, 1.165) is 5.39 Å². The Bertz CT molecular complexity index is 468. The van der Waals surface area contributed by atoms with E-state index in [9.17, 15) is 9.50 Å². The molecule has 0 aliphatic carbocycles. The summed E-state index contributed by atoms with van der Waals surface area (Å²) in [5, 5.41) is 10.6. The molecule has 0 saturated heterocycles. The van der Waals surface area contributed by atoms with Gasteiger partial charge in [-0.25, -0.2) is 4.39 Å². The van der Waals surface area contributed by atoms with Crippen LogP contribution in [0.25, 0.3) is 10.8 Å². The Balaban J connectivity index is 2.87. The Morgan fingerprint density at radius 2 is 1.92 bits per heavy atom. The van der Waals surface area contributed by atoms with Crippen LogP contribution in [0.4, 0.5) is 10.1 Å². The van der Waals surface area contributed by atoms with E-state index in [0.29, 0.717) is 11.1 Å². The van der Waals surface area contributed by atoms with Gasteiger partial charge in [-0.05, 0) is 23.6 Å². The van der Waals surface area contributed by atoms with Crippen molar-refractivity contribution in [2.45, 2.75) is 0 Å². The van der Waals surface area contributed by atoms with Crippen LogP contribution in [0.5, 0.6) is 5.75 Å². The van der Waals surface area contributed by atoms with Gasteiger partial charge in [0.1, 0.15) is 11.6 Å². The van der Waals surface area contributed by atoms with Crippen LogP contribution in [-0.2, 0) is 0 Å². The number of nitrogen functional groups attached to an aromatic ring is 1. The fraction of sp³-hybridized carbons (Fsp3) is 0. The zero-order chi connectivity index (χ0) is 9.42. The molecule has 0 bridgehead atoms. The van der Waals surface area contributed by atoms with Crippen molar-refractivity contribution in [3.05, 3.63) is 36.1 Å². The van der Waals surface area contributed by atoms with Gasteiger partial charge in [0.25, 0.3) is 0 Å². The summed E-state index contributed by atoms with van der Waals surface area (Å²) in [5.41, 5.74) is 5.98. The van der Waals surface area contributed by atoms with Crippen molar-refractivity contribution in [3.63, 3.8) is 0 Å². The minimum atomic E-state index is -0.368. The summed E-state index contributed by atoms with van der Waals surface area (Å²) in [7, 11) is 0. The van der Waals surface area contributed by atoms with Crippen LogP contribution in [0.15, 0.2) is 30.3 Å². The number of rotatable bonds is 0. The van der Waals surface area contributed by atoms with E-state index < -0.39 is 0 Å². The van der Waals surface area contributed by atoms with Gasteiger partial charge in [-0.3, -0.25) is 0 Å². The van der Waals surface area contributed by atoms with Gasteiger partial charge in [0.2, 0.25) is 0 Å². The van der Waals surface area contributed by atoms with E-state index in [1.54, 1.807) is 12.1 Å². The molecular weight excluding hydrogens is 169 g/mol. The summed E-state index contributed by atoms with van der Waals surface area (Å²) in [6.45, 7) is 0. The Kier molecular flexibility index (Phi) is 1.59. The second-order valence-corrected chi connectivity index (χ2v) is 2.91. The number of fused-ring (bicyclic) bond motifs is 1. The van der Waals surface area contributed by atoms with Crippen LogP contribution < -0.4 is 5.73 Å². The van der Waals surface area contributed by atoms with Crippen molar-refractivity contribution in [1.29, 1.82) is 0 Å². The van der Waals surface area contributed by atoms with Crippen molar-refractivity contribution in [3.8, 4) is 5.75 Å². The van der Waals surface area contributed by atoms with Crippen LogP contribution in [0, 0.1) is 5.82 Å². The summed E-state index contributed by atoms with van der Waals surface area (Å²) in [6.07, 6.45) is 0. The standard InChI is InChI=1S/C10H8FNO/c11-7-2-1-6-3-8(12)5-10(13)9(6)4-7/h1-5,13H,12H2. The molecule has 3 heteroatoms. The summed E-state index contributed by atoms with van der Waals surface area (Å²) < 4.78 is 12.8. The van der Waals surface area contributed by atoms with E-state index in [2.05, 4.69) is 0 Å². The molecule has 0 saturated carbocycles. The maximum Gasteiger partial charge on any atom is 0.125 e. The Morgan fingerprint density at radius 3 is 2.69 bits per heavy atom. The number of anilines is 1. The molecule has 0 atom stereocenters. The number of halogens is 1. The topological polar surface area (TPSA) is 46.2 Å². The van der Waals surface area contributed by atoms with E-state index in [1.807, 2.05) is 0 Å². The van der Waals surface area contributed by atoms with Gasteiger partial charge in [0.05, 0.1) is 0 Å². The fourth-order valence-corrected chi connectivity index (χ4v) is 1.33.